The molecule has 0 fully saturated rings. The number of thioether (sulfide) groups is 1. The molecule has 0 aromatic rings. The Kier molecular flexibility index (Phi) is 9.28. The molecule has 0 saturated carbocycles. The van der Waals surface area contributed by atoms with E-state index in [1.807, 2.05) is 32.5 Å². The Morgan fingerprint density at radius 2 is 2.00 bits per heavy atom. The number of rotatable bonds is 8. The molecule has 0 aromatic carbocycles. The van der Waals surface area contributed by atoms with Crippen LogP contribution in [-0.2, 0) is 4.74 Å². The number of hydrogen-bond donors (Lipinski definition) is 2. The maximum atomic E-state index is 11.4. The molecule has 5 heteroatoms. The van der Waals surface area contributed by atoms with Gasteiger partial charge in [0, 0.05) is 18.3 Å². The van der Waals surface area contributed by atoms with E-state index in [0.29, 0.717) is 12.6 Å². The van der Waals surface area contributed by atoms with Gasteiger partial charge >= 0.3 is 6.09 Å². The van der Waals surface area contributed by atoms with Crippen molar-refractivity contribution in [1.29, 1.82) is 0 Å². The average Bonchev–Trinajstić information content (AvgIpc) is 2.24. The molecule has 4 nitrogen and oxygen atoms in total. The minimum atomic E-state index is -0.423. The molecule has 0 saturated heterocycles. The highest BCUT2D eigenvalue weighted by Crippen LogP contribution is 2.06. The van der Waals surface area contributed by atoms with Crippen LogP contribution in [0.5, 0.6) is 0 Å². The molecule has 0 aliphatic rings. The molecule has 0 radical (unpaired) electrons. The molecule has 18 heavy (non-hydrogen) atoms. The minimum Gasteiger partial charge on any atom is -0.444 e. The summed E-state index contributed by atoms with van der Waals surface area (Å²) >= 11 is 1.86. The lowest BCUT2D eigenvalue weighted by Crippen LogP contribution is -2.36. The van der Waals surface area contributed by atoms with Crippen LogP contribution in [0.2, 0.25) is 0 Å². The molecule has 0 heterocycles. The third-order valence-corrected chi connectivity index (χ3v) is 3.05. The summed E-state index contributed by atoms with van der Waals surface area (Å²) in [6.45, 7) is 9.35. The van der Waals surface area contributed by atoms with E-state index in [1.165, 1.54) is 0 Å². The monoisotopic (exact) mass is 276 g/mol. The van der Waals surface area contributed by atoms with E-state index < -0.39 is 5.60 Å². The number of ether oxygens (including phenoxy) is 1. The van der Waals surface area contributed by atoms with Crippen molar-refractivity contribution in [2.45, 2.75) is 52.2 Å². The van der Waals surface area contributed by atoms with Crippen molar-refractivity contribution in [1.82, 2.24) is 10.6 Å². The van der Waals surface area contributed by atoms with Crippen molar-refractivity contribution in [3.05, 3.63) is 0 Å². The minimum absolute atomic E-state index is 0.335. The smallest absolute Gasteiger partial charge is 0.407 e. The van der Waals surface area contributed by atoms with E-state index in [1.54, 1.807) is 0 Å². The summed E-state index contributed by atoms with van der Waals surface area (Å²) in [5, 5.41) is 6.24. The first kappa shape index (κ1) is 17.6. The zero-order chi connectivity index (χ0) is 14.0. The molecule has 2 N–H and O–H groups in total. The number of nitrogens with one attached hydrogen (secondary N) is 2. The Labute approximate surface area is 116 Å². The normalized spacial score (nSPS) is 13.2. The maximum Gasteiger partial charge on any atom is 0.407 e. The molecule has 1 amide bonds. The fourth-order valence-electron chi connectivity index (χ4n) is 1.42. The van der Waals surface area contributed by atoms with Gasteiger partial charge in [0.1, 0.15) is 5.60 Å². The SMILES string of the molecule is CCC(CSC)NCCCNC(=O)OC(C)(C)C. The van der Waals surface area contributed by atoms with Crippen molar-refractivity contribution in [3.8, 4) is 0 Å². The predicted molar refractivity (Wildman–Crippen MR) is 79.3 cm³/mol. The van der Waals surface area contributed by atoms with Gasteiger partial charge < -0.3 is 15.4 Å². The van der Waals surface area contributed by atoms with Crippen LogP contribution in [0.25, 0.3) is 0 Å². The van der Waals surface area contributed by atoms with E-state index in [2.05, 4.69) is 23.8 Å². The van der Waals surface area contributed by atoms with Gasteiger partial charge in [-0.15, -0.1) is 0 Å². The van der Waals surface area contributed by atoms with Gasteiger partial charge in [0.05, 0.1) is 0 Å². The number of alkyl carbamates (subject to hydrolysis) is 1. The van der Waals surface area contributed by atoms with Crippen LogP contribution in [0.3, 0.4) is 0 Å². The van der Waals surface area contributed by atoms with E-state index in [-0.39, 0.29) is 6.09 Å². The molecular weight excluding hydrogens is 248 g/mol. The van der Waals surface area contributed by atoms with Crippen LogP contribution in [0.1, 0.15) is 40.5 Å². The fourth-order valence-corrected chi connectivity index (χ4v) is 2.18. The third-order valence-electron chi connectivity index (χ3n) is 2.32. The zero-order valence-corrected chi connectivity index (χ0v) is 13.2. The highest BCUT2D eigenvalue weighted by Gasteiger charge is 2.15. The number of hydrogen-bond acceptors (Lipinski definition) is 4. The van der Waals surface area contributed by atoms with Gasteiger partial charge in [0.2, 0.25) is 0 Å². The molecule has 0 spiro atoms. The van der Waals surface area contributed by atoms with Crippen molar-refractivity contribution in [2.24, 2.45) is 0 Å². The third kappa shape index (κ3) is 10.7. The van der Waals surface area contributed by atoms with Gasteiger partial charge in [-0.05, 0) is 46.4 Å². The standard InChI is InChI=1S/C13H28N2O2S/c1-6-11(10-18-5)14-8-7-9-15-12(16)17-13(2,3)4/h11,14H,6-10H2,1-5H3,(H,15,16). The van der Waals surface area contributed by atoms with Crippen LogP contribution >= 0.6 is 11.8 Å². The summed E-state index contributed by atoms with van der Waals surface area (Å²) in [6.07, 6.45) is 3.84. The van der Waals surface area contributed by atoms with Crippen molar-refractivity contribution < 1.29 is 9.53 Å². The first-order valence-electron chi connectivity index (χ1n) is 6.58. The van der Waals surface area contributed by atoms with E-state index in [9.17, 15) is 4.79 Å². The van der Waals surface area contributed by atoms with Gasteiger partial charge in [-0.1, -0.05) is 6.92 Å². The average molecular weight is 276 g/mol. The number of carbonyl (C=O) groups excluding carboxylic acids is 1. The first-order chi connectivity index (χ1) is 8.39. The summed E-state index contributed by atoms with van der Waals surface area (Å²) in [5.74, 6) is 1.13. The van der Waals surface area contributed by atoms with Crippen LogP contribution in [-0.4, -0.2) is 42.8 Å². The van der Waals surface area contributed by atoms with Crippen LogP contribution in [0, 0.1) is 0 Å². The molecule has 0 bridgehead atoms. The zero-order valence-electron chi connectivity index (χ0n) is 12.3. The Hall–Kier alpha value is -0.420. The summed E-state index contributed by atoms with van der Waals surface area (Å²) in [5.41, 5.74) is -0.423. The van der Waals surface area contributed by atoms with Crippen LogP contribution < -0.4 is 10.6 Å². The lowest BCUT2D eigenvalue weighted by atomic mass is 10.2. The second kappa shape index (κ2) is 9.50. The van der Waals surface area contributed by atoms with Gasteiger partial charge in [-0.2, -0.15) is 11.8 Å². The second-order valence-corrected chi connectivity index (χ2v) is 6.21. The Balaban J connectivity index is 3.53. The van der Waals surface area contributed by atoms with E-state index >= 15 is 0 Å². The summed E-state index contributed by atoms with van der Waals surface area (Å²) in [7, 11) is 0. The number of amides is 1. The molecular formula is C13H28N2O2S. The van der Waals surface area contributed by atoms with Gasteiger partial charge in [0.25, 0.3) is 0 Å². The Bertz CT molecular complexity index is 230. The predicted octanol–water partition coefficient (Wildman–Crippen LogP) is 2.63. The van der Waals surface area contributed by atoms with Crippen molar-refractivity contribution >= 4 is 17.9 Å². The van der Waals surface area contributed by atoms with Crippen LogP contribution in [0.15, 0.2) is 0 Å². The topological polar surface area (TPSA) is 50.4 Å². The molecule has 0 aromatic heterocycles. The summed E-state index contributed by atoms with van der Waals surface area (Å²) in [4.78, 5) is 11.4. The summed E-state index contributed by atoms with van der Waals surface area (Å²) in [6, 6.07) is 0.571. The molecule has 108 valence electrons. The Morgan fingerprint density at radius 3 is 2.50 bits per heavy atom. The molecule has 0 rings (SSSR count). The van der Waals surface area contributed by atoms with Gasteiger partial charge in [-0.3, -0.25) is 0 Å². The molecule has 0 aliphatic carbocycles. The maximum absolute atomic E-state index is 11.4. The fraction of sp³-hybridized carbons (Fsp3) is 0.923. The first-order valence-corrected chi connectivity index (χ1v) is 7.97. The number of carbonyl (C=O) groups is 1. The van der Waals surface area contributed by atoms with E-state index in [4.69, 9.17) is 4.74 Å². The largest absolute Gasteiger partial charge is 0.444 e. The lowest BCUT2D eigenvalue weighted by molar-refractivity contribution is 0.0527. The lowest BCUT2D eigenvalue weighted by Gasteiger charge is -2.20. The highest BCUT2D eigenvalue weighted by atomic mass is 32.2. The van der Waals surface area contributed by atoms with Gasteiger partial charge in [0.15, 0.2) is 0 Å². The molecule has 0 aliphatic heterocycles. The second-order valence-electron chi connectivity index (χ2n) is 5.30. The molecule has 1 atom stereocenters. The van der Waals surface area contributed by atoms with Crippen molar-refractivity contribution in [3.63, 3.8) is 0 Å². The van der Waals surface area contributed by atoms with Gasteiger partial charge in [-0.25, -0.2) is 4.79 Å². The van der Waals surface area contributed by atoms with Crippen molar-refractivity contribution in [2.75, 3.05) is 25.1 Å². The van der Waals surface area contributed by atoms with Crippen LogP contribution in [0.4, 0.5) is 4.79 Å². The van der Waals surface area contributed by atoms with E-state index in [0.717, 1.165) is 25.1 Å². The molecule has 1 unspecified atom stereocenters. The Morgan fingerprint density at radius 1 is 1.33 bits per heavy atom. The summed E-state index contributed by atoms with van der Waals surface area (Å²) < 4.78 is 5.15. The highest BCUT2D eigenvalue weighted by molar-refractivity contribution is 7.98. The quantitative estimate of drug-likeness (QED) is 0.669.